The highest BCUT2D eigenvalue weighted by Gasteiger charge is 2.17. The summed E-state index contributed by atoms with van der Waals surface area (Å²) in [5, 5.41) is 13.1. The third-order valence-corrected chi connectivity index (χ3v) is 3.69. The van der Waals surface area contributed by atoms with Crippen molar-refractivity contribution < 1.29 is 14.3 Å². The molecule has 0 amide bonds. The minimum atomic E-state index is -1.12. The van der Waals surface area contributed by atoms with Gasteiger partial charge in [0.1, 0.15) is 5.82 Å². The summed E-state index contributed by atoms with van der Waals surface area (Å²) in [7, 11) is 0. The molecular weight excluding hydrogens is 311 g/mol. The lowest BCUT2D eigenvalue weighted by molar-refractivity contribution is 0.0690. The van der Waals surface area contributed by atoms with Crippen LogP contribution in [0, 0.1) is 12.7 Å². The van der Waals surface area contributed by atoms with E-state index in [1.807, 2.05) is 13.8 Å². The van der Waals surface area contributed by atoms with Crippen molar-refractivity contribution in [2.75, 3.05) is 0 Å². The summed E-state index contributed by atoms with van der Waals surface area (Å²) in [6.07, 6.45) is 2.16. The maximum absolute atomic E-state index is 14.1. The second-order valence-corrected chi connectivity index (χ2v) is 5.22. The topological polar surface area (TPSA) is 80.9 Å². The Balaban J connectivity index is 2.20. The number of aryl methyl sites for hydroxylation is 1. The van der Waals surface area contributed by atoms with Crippen LogP contribution < -0.4 is 0 Å². The van der Waals surface area contributed by atoms with Gasteiger partial charge in [-0.3, -0.25) is 0 Å². The number of hydrogen-bond donors (Lipinski definition) is 1. The largest absolute Gasteiger partial charge is 0.476 e. The van der Waals surface area contributed by atoms with Crippen molar-refractivity contribution in [1.82, 2.24) is 19.7 Å². The van der Waals surface area contributed by atoms with Gasteiger partial charge in [-0.15, -0.1) is 0 Å². The molecule has 24 heavy (non-hydrogen) atoms. The lowest BCUT2D eigenvalue weighted by Gasteiger charge is -2.12. The Bertz CT molecular complexity index is 921. The monoisotopic (exact) mass is 326 g/mol. The molecular formula is C17H15FN4O2. The molecule has 2 heterocycles. The molecule has 0 aliphatic carbocycles. The molecule has 0 saturated heterocycles. The fourth-order valence-corrected chi connectivity index (χ4v) is 2.50. The number of aromatic nitrogens is 4. The highest BCUT2D eigenvalue weighted by atomic mass is 19.1. The van der Waals surface area contributed by atoms with E-state index in [-0.39, 0.29) is 17.1 Å². The van der Waals surface area contributed by atoms with Gasteiger partial charge in [-0.2, -0.15) is 5.10 Å². The Morgan fingerprint density at radius 1 is 1.25 bits per heavy atom. The molecule has 3 rings (SSSR count). The van der Waals surface area contributed by atoms with Gasteiger partial charge in [0.05, 0.1) is 5.56 Å². The number of benzene rings is 1. The minimum Gasteiger partial charge on any atom is -0.476 e. The molecule has 0 saturated carbocycles. The SMILES string of the molecule is CCc1c(C)nc(-c2ccccc2F)nc1-n1ccc(C(=O)O)n1. The van der Waals surface area contributed by atoms with Gasteiger partial charge in [0.25, 0.3) is 0 Å². The van der Waals surface area contributed by atoms with Gasteiger partial charge in [-0.25, -0.2) is 23.8 Å². The first kappa shape index (κ1) is 15.8. The van der Waals surface area contributed by atoms with Gasteiger partial charge >= 0.3 is 5.97 Å². The second-order valence-electron chi connectivity index (χ2n) is 5.22. The van der Waals surface area contributed by atoms with Crippen molar-refractivity contribution in [2.24, 2.45) is 0 Å². The molecule has 1 N–H and O–H groups in total. The van der Waals surface area contributed by atoms with Crippen LogP contribution in [0.4, 0.5) is 4.39 Å². The minimum absolute atomic E-state index is 0.0826. The van der Waals surface area contributed by atoms with Gasteiger partial charge in [0.2, 0.25) is 0 Å². The summed E-state index contributed by atoms with van der Waals surface area (Å²) >= 11 is 0. The van der Waals surface area contributed by atoms with Gasteiger partial charge in [0, 0.05) is 17.5 Å². The van der Waals surface area contributed by atoms with E-state index >= 15 is 0 Å². The number of aromatic carboxylic acids is 1. The molecule has 3 aromatic rings. The quantitative estimate of drug-likeness (QED) is 0.797. The Labute approximate surface area is 137 Å². The molecule has 7 heteroatoms. The predicted molar refractivity (Wildman–Crippen MR) is 85.6 cm³/mol. The first-order chi connectivity index (χ1) is 11.5. The van der Waals surface area contributed by atoms with Crippen LogP contribution in [0.3, 0.4) is 0 Å². The van der Waals surface area contributed by atoms with Crippen LogP contribution >= 0.6 is 0 Å². The molecule has 0 aliphatic heterocycles. The van der Waals surface area contributed by atoms with E-state index in [0.717, 1.165) is 5.56 Å². The lowest BCUT2D eigenvalue weighted by Crippen LogP contribution is -2.10. The van der Waals surface area contributed by atoms with Crippen molar-refractivity contribution in [3.8, 4) is 17.2 Å². The summed E-state index contributed by atoms with van der Waals surface area (Å²) in [6, 6.07) is 7.64. The van der Waals surface area contributed by atoms with E-state index in [0.29, 0.717) is 17.9 Å². The second kappa shape index (κ2) is 6.19. The Hall–Kier alpha value is -3.09. The number of hydrogen-bond acceptors (Lipinski definition) is 4. The van der Waals surface area contributed by atoms with Crippen LogP contribution in [0.15, 0.2) is 36.5 Å². The number of rotatable bonds is 4. The molecule has 0 fully saturated rings. The van der Waals surface area contributed by atoms with E-state index < -0.39 is 11.8 Å². The van der Waals surface area contributed by atoms with Gasteiger partial charge in [-0.1, -0.05) is 19.1 Å². The summed E-state index contributed by atoms with van der Waals surface area (Å²) in [5.74, 6) is -0.841. The highest BCUT2D eigenvalue weighted by Crippen LogP contribution is 2.24. The van der Waals surface area contributed by atoms with Crippen molar-refractivity contribution in [1.29, 1.82) is 0 Å². The maximum atomic E-state index is 14.1. The van der Waals surface area contributed by atoms with Crippen molar-refractivity contribution in [3.63, 3.8) is 0 Å². The van der Waals surface area contributed by atoms with Crippen LogP contribution in [0.5, 0.6) is 0 Å². The van der Waals surface area contributed by atoms with Gasteiger partial charge < -0.3 is 5.11 Å². The summed E-state index contributed by atoms with van der Waals surface area (Å²) in [6.45, 7) is 3.76. The van der Waals surface area contributed by atoms with E-state index in [1.165, 1.54) is 23.0 Å². The Morgan fingerprint density at radius 3 is 2.62 bits per heavy atom. The average Bonchev–Trinajstić information content (AvgIpc) is 3.04. The first-order valence-corrected chi connectivity index (χ1v) is 7.43. The van der Waals surface area contributed by atoms with Gasteiger partial charge in [0.15, 0.2) is 17.3 Å². The van der Waals surface area contributed by atoms with Crippen LogP contribution in [0.2, 0.25) is 0 Å². The summed E-state index contributed by atoms with van der Waals surface area (Å²) in [5.41, 5.74) is 1.74. The molecule has 0 spiro atoms. The number of nitrogens with zero attached hydrogens (tertiary/aromatic N) is 4. The van der Waals surface area contributed by atoms with E-state index in [1.54, 1.807) is 18.2 Å². The summed E-state index contributed by atoms with van der Waals surface area (Å²) < 4.78 is 15.4. The molecule has 2 aromatic heterocycles. The highest BCUT2D eigenvalue weighted by molar-refractivity contribution is 5.85. The molecule has 0 bridgehead atoms. The van der Waals surface area contributed by atoms with E-state index in [4.69, 9.17) is 5.11 Å². The van der Waals surface area contributed by atoms with E-state index in [9.17, 15) is 9.18 Å². The molecule has 0 atom stereocenters. The molecule has 0 radical (unpaired) electrons. The van der Waals surface area contributed by atoms with Crippen molar-refractivity contribution >= 4 is 5.97 Å². The number of carboxylic acid groups (broad SMARTS) is 1. The average molecular weight is 326 g/mol. The summed E-state index contributed by atoms with van der Waals surface area (Å²) in [4.78, 5) is 19.9. The van der Waals surface area contributed by atoms with E-state index in [2.05, 4.69) is 15.1 Å². The molecule has 122 valence electrons. The first-order valence-electron chi connectivity index (χ1n) is 7.43. The number of halogens is 1. The maximum Gasteiger partial charge on any atom is 0.356 e. The third-order valence-electron chi connectivity index (χ3n) is 3.69. The number of carboxylic acids is 1. The smallest absolute Gasteiger partial charge is 0.356 e. The predicted octanol–water partition coefficient (Wildman–Crippen LogP) is 3.04. The van der Waals surface area contributed by atoms with Crippen LogP contribution in [0.25, 0.3) is 17.2 Å². The molecule has 6 nitrogen and oxygen atoms in total. The Kier molecular flexibility index (Phi) is 4.07. The van der Waals surface area contributed by atoms with Crippen molar-refractivity contribution in [2.45, 2.75) is 20.3 Å². The van der Waals surface area contributed by atoms with Crippen LogP contribution in [0.1, 0.15) is 28.7 Å². The molecule has 0 aliphatic rings. The number of carbonyl (C=O) groups is 1. The fourth-order valence-electron chi connectivity index (χ4n) is 2.50. The zero-order chi connectivity index (χ0) is 17.3. The molecule has 1 aromatic carbocycles. The van der Waals surface area contributed by atoms with Crippen LogP contribution in [-0.2, 0) is 6.42 Å². The zero-order valence-corrected chi connectivity index (χ0v) is 13.2. The molecule has 0 unspecified atom stereocenters. The Morgan fingerprint density at radius 2 is 2.00 bits per heavy atom. The third kappa shape index (κ3) is 2.76. The zero-order valence-electron chi connectivity index (χ0n) is 13.2. The van der Waals surface area contributed by atoms with Gasteiger partial charge in [-0.05, 0) is 31.5 Å². The normalized spacial score (nSPS) is 10.8. The van der Waals surface area contributed by atoms with Crippen molar-refractivity contribution in [3.05, 3.63) is 59.3 Å². The fraction of sp³-hybridized carbons (Fsp3) is 0.176. The standard InChI is InChI=1S/C17H15FN4O2/c1-3-11-10(2)19-15(12-6-4-5-7-13(12)18)20-16(11)22-9-8-14(21-22)17(23)24/h4-9H,3H2,1-2H3,(H,23,24). The lowest BCUT2D eigenvalue weighted by atomic mass is 10.1. The van der Waals surface area contributed by atoms with Crippen LogP contribution in [-0.4, -0.2) is 30.8 Å².